The third-order valence-electron chi connectivity index (χ3n) is 0.354. The second kappa shape index (κ2) is 4.26. The Bertz CT molecular complexity index is 127. The van der Waals surface area contributed by atoms with E-state index in [0.29, 0.717) is 0 Å². The van der Waals surface area contributed by atoms with Crippen molar-refractivity contribution in [2.24, 2.45) is 0 Å². The summed E-state index contributed by atoms with van der Waals surface area (Å²) in [4.78, 5) is 0. The highest BCUT2D eigenvalue weighted by atomic mass is 127. The Balaban J connectivity index is 0.000000135. The molecule has 0 aromatic carbocycles. The molecule has 1 aliphatic rings. The smallest absolute Gasteiger partial charge is 0.208 e. The molecule has 5 heteroatoms. The molecule has 0 aliphatic heterocycles. The molecule has 0 radical (unpaired) electrons. The van der Waals surface area contributed by atoms with Crippen molar-refractivity contribution < 1.29 is 8.42 Å². The van der Waals surface area contributed by atoms with Crippen LogP contribution in [0.4, 0.5) is 0 Å². The molecule has 0 unspecified atom stereocenters. The Morgan fingerprint density at radius 2 is 1.12 bits per heavy atom. The summed E-state index contributed by atoms with van der Waals surface area (Å²) in [7, 11) is 0. The fraction of sp³-hybridized carbons (Fsp3) is 1.00. The van der Waals surface area contributed by atoms with Crippen LogP contribution in [0.3, 0.4) is 0 Å². The van der Waals surface area contributed by atoms with Gasteiger partial charge >= 0.3 is 0 Å². The molecule has 1 rings (SSSR count). The van der Waals surface area contributed by atoms with E-state index < -0.39 is 4.18 Å². The van der Waals surface area contributed by atoms with Crippen LogP contribution < -0.4 is 0 Å². The van der Waals surface area contributed by atoms with Gasteiger partial charge in [0.05, 0.1) is 42.4 Å². The van der Waals surface area contributed by atoms with Crippen LogP contribution in [0.25, 0.3) is 0 Å². The molecule has 50 valence electrons. The zero-order valence-corrected chi connectivity index (χ0v) is 9.23. The van der Waals surface area contributed by atoms with Gasteiger partial charge in [-0.3, -0.25) is 0 Å². The van der Waals surface area contributed by atoms with Crippen LogP contribution in [-0.4, -0.2) is 8.42 Å². The number of rotatable bonds is 0. The summed E-state index contributed by atoms with van der Waals surface area (Å²) in [6.45, 7) is 0. The van der Waals surface area contributed by atoms with Gasteiger partial charge in [0.15, 0.2) is 0 Å². The van der Waals surface area contributed by atoms with E-state index in [4.69, 9.17) is 0 Å². The molecule has 0 aromatic rings. The van der Waals surface area contributed by atoms with Gasteiger partial charge in [0.25, 0.3) is 4.18 Å². The Kier molecular flexibility index (Phi) is 5.01. The minimum Gasteiger partial charge on any atom is -0.208 e. The third-order valence-corrected chi connectivity index (χ3v) is 0.354. The maximum absolute atomic E-state index is 9.61. The van der Waals surface area contributed by atoms with Gasteiger partial charge in [-0.15, -0.1) is 0 Å². The molecule has 0 spiro atoms. The Hall–Kier alpha value is 1.41. The van der Waals surface area contributed by atoms with E-state index in [-0.39, 0.29) is 0 Å². The second-order valence-electron chi connectivity index (χ2n) is 1.44. The van der Waals surface area contributed by atoms with Crippen molar-refractivity contribution in [2.75, 3.05) is 0 Å². The van der Waals surface area contributed by atoms with Crippen molar-refractivity contribution in [3.05, 3.63) is 0 Å². The van der Waals surface area contributed by atoms with E-state index in [1.54, 1.807) is 0 Å². The molecule has 1 aliphatic carbocycles. The highest BCUT2D eigenvalue weighted by Gasteiger charge is 1.95. The lowest BCUT2D eigenvalue weighted by Crippen LogP contribution is -1.60. The van der Waals surface area contributed by atoms with Crippen molar-refractivity contribution in [3.8, 4) is 0 Å². The van der Waals surface area contributed by atoms with Crippen molar-refractivity contribution in [3.63, 3.8) is 0 Å². The van der Waals surface area contributed by atoms with Gasteiger partial charge in [-0.2, -0.15) is 0 Å². The third kappa shape index (κ3) is 52.4. The lowest BCUT2D eigenvalue weighted by atomic mass is 11.0. The maximum Gasteiger partial charge on any atom is 0.255 e. The molecule has 2 nitrogen and oxygen atoms in total. The van der Waals surface area contributed by atoms with E-state index in [9.17, 15) is 8.42 Å². The predicted octanol–water partition coefficient (Wildman–Crippen LogP) is 2.27. The summed E-state index contributed by atoms with van der Waals surface area (Å²) in [6.07, 6.45) is 4.50. The van der Waals surface area contributed by atoms with Gasteiger partial charge in [0.2, 0.25) is 0 Å². The summed E-state index contributed by atoms with van der Waals surface area (Å²) < 4.78 is 16.5. The number of halogens is 2. The summed E-state index contributed by atoms with van der Waals surface area (Å²) in [5.41, 5.74) is 0. The summed E-state index contributed by atoms with van der Waals surface area (Å²) in [5.74, 6) is 0. The van der Waals surface area contributed by atoms with Crippen molar-refractivity contribution in [1.29, 1.82) is 0 Å². The Morgan fingerprint density at radius 1 is 1.00 bits per heavy atom. The fourth-order valence-electron chi connectivity index (χ4n) is 0. The summed E-state index contributed by atoms with van der Waals surface area (Å²) >= 11 is 2.67. The first kappa shape index (κ1) is 9.41. The molecule has 1 fully saturated rings. The van der Waals surface area contributed by atoms with Crippen LogP contribution in [0.5, 0.6) is 0 Å². The standard InChI is InChI=1S/C3H6.I2O2S/c1-2-3-1;1-5(2,3)4/h1-3H2;. The second-order valence-corrected chi connectivity index (χ2v) is 14.2. The van der Waals surface area contributed by atoms with Crippen LogP contribution in [0.1, 0.15) is 19.3 Å². The minimum absolute atomic E-state index is 1.34. The van der Waals surface area contributed by atoms with Crippen LogP contribution in [0.2, 0.25) is 0 Å². The lowest BCUT2D eigenvalue weighted by molar-refractivity contribution is 0.627. The van der Waals surface area contributed by atoms with Crippen LogP contribution in [0, 0.1) is 0 Å². The molecule has 8 heavy (non-hydrogen) atoms. The quantitative estimate of drug-likeness (QED) is 0.491. The molecular formula is C3H6I2O2S. The lowest BCUT2D eigenvalue weighted by Gasteiger charge is -1.62. The normalized spacial score (nSPS) is 16.2. The highest BCUT2D eigenvalue weighted by Crippen LogP contribution is 2.14. The first-order valence-corrected chi connectivity index (χ1v) is 8.71. The zero-order valence-electron chi connectivity index (χ0n) is 4.10. The molecule has 0 aromatic heterocycles. The zero-order chi connectivity index (χ0) is 6.62. The van der Waals surface area contributed by atoms with Gasteiger partial charge in [-0.1, -0.05) is 19.3 Å². The molecule has 0 atom stereocenters. The summed E-state index contributed by atoms with van der Waals surface area (Å²) in [6, 6.07) is 0. The average Bonchev–Trinajstić information content (AvgIpc) is 1.95. The maximum atomic E-state index is 9.61. The molecule has 0 amide bonds. The average molecular weight is 360 g/mol. The first-order chi connectivity index (χ1) is 3.50. The highest BCUT2D eigenvalue weighted by molar-refractivity contribution is 14.3. The Labute approximate surface area is 73.5 Å². The fourth-order valence-corrected chi connectivity index (χ4v) is 0. The minimum atomic E-state index is -2.73. The first-order valence-electron chi connectivity index (χ1n) is 2.14. The molecule has 1 saturated carbocycles. The number of hydrogen-bond acceptors (Lipinski definition) is 2. The van der Waals surface area contributed by atoms with Gasteiger partial charge in [0.1, 0.15) is 0 Å². The largest absolute Gasteiger partial charge is 0.255 e. The predicted molar refractivity (Wildman–Crippen MR) is 50.8 cm³/mol. The van der Waals surface area contributed by atoms with Crippen LogP contribution in [0.15, 0.2) is 0 Å². The van der Waals surface area contributed by atoms with Crippen LogP contribution in [-0.2, 0) is 4.18 Å². The molecule has 0 heterocycles. The van der Waals surface area contributed by atoms with Gasteiger partial charge < -0.3 is 0 Å². The van der Waals surface area contributed by atoms with Crippen molar-refractivity contribution in [2.45, 2.75) is 19.3 Å². The monoisotopic (exact) mass is 360 g/mol. The van der Waals surface area contributed by atoms with Gasteiger partial charge in [-0.25, -0.2) is 8.42 Å². The van der Waals surface area contributed by atoms with E-state index in [2.05, 4.69) is 0 Å². The SMILES string of the molecule is C1CC1.O=S(=O)(I)I. The van der Waals surface area contributed by atoms with E-state index >= 15 is 0 Å². The molecule has 0 saturated heterocycles. The van der Waals surface area contributed by atoms with E-state index in [1.165, 1.54) is 61.7 Å². The van der Waals surface area contributed by atoms with Gasteiger partial charge in [-0.05, 0) is 0 Å². The topological polar surface area (TPSA) is 34.1 Å². The van der Waals surface area contributed by atoms with E-state index in [0.717, 1.165) is 0 Å². The molecule has 0 N–H and O–H groups in total. The van der Waals surface area contributed by atoms with Crippen molar-refractivity contribution >= 4 is 46.6 Å². The molecule has 0 bridgehead atoms. The summed E-state index contributed by atoms with van der Waals surface area (Å²) in [5, 5.41) is 0. The van der Waals surface area contributed by atoms with Gasteiger partial charge in [0, 0.05) is 0 Å². The van der Waals surface area contributed by atoms with Crippen molar-refractivity contribution in [1.82, 2.24) is 0 Å². The number of hydrogen-bond donors (Lipinski definition) is 0. The molecular weight excluding hydrogens is 354 g/mol. The van der Waals surface area contributed by atoms with Crippen LogP contribution >= 0.6 is 42.4 Å². The Morgan fingerprint density at radius 3 is 1.12 bits per heavy atom. The van der Waals surface area contributed by atoms with E-state index in [1.807, 2.05) is 0 Å².